The SMILES string of the molecule is CC(C)CNc1ncc(-c2ccc(Cl)cc2Br)s1. The predicted molar refractivity (Wildman–Crippen MR) is 83.6 cm³/mol. The number of hydrogen-bond donors (Lipinski definition) is 1. The van der Waals surface area contributed by atoms with Crippen molar-refractivity contribution in [3.05, 3.63) is 33.9 Å². The highest BCUT2D eigenvalue weighted by atomic mass is 79.9. The second-order valence-corrected chi connectivity index (χ2v) is 6.75. The van der Waals surface area contributed by atoms with Crippen molar-refractivity contribution in [3.63, 3.8) is 0 Å². The van der Waals surface area contributed by atoms with Crippen molar-refractivity contribution in [2.24, 2.45) is 5.92 Å². The number of aromatic nitrogens is 1. The van der Waals surface area contributed by atoms with Crippen LogP contribution < -0.4 is 5.32 Å². The third-order valence-electron chi connectivity index (χ3n) is 2.36. The highest BCUT2D eigenvalue weighted by Gasteiger charge is 2.08. The third kappa shape index (κ3) is 3.46. The van der Waals surface area contributed by atoms with Crippen LogP contribution >= 0.6 is 38.9 Å². The maximum absolute atomic E-state index is 5.94. The van der Waals surface area contributed by atoms with E-state index >= 15 is 0 Å². The topological polar surface area (TPSA) is 24.9 Å². The molecule has 1 N–H and O–H groups in total. The summed E-state index contributed by atoms with van der Waals surface area (Å²) in [5.41, 5.74) is 1.12. The lowest BCUT2D eigenvalue weighted by atomic mass is 10.2. The van der Waals surface area contributed by atoms with Crippen LogP contribution in [0.1, 0.15) is 13.8 Å². The Hall–Kier alpha value is -0.580. The quantitative estimate of drug-likeness (QED) is 0.814. The molecule has 18 heavy (non-hydrogen) atoms. The van der Waals surface area contributed by atoms with Gasteiger partial charge < -0.3 is 5.32 Å². The largest absolute Gasteiger partial charge is 0.361 e. The maximum atomic E-state index is 5.94. The van der Waals surface area contributed by atoms with Gasteiger partial charge in [0.25, 0.3) is 0 Å². The normalized spacial score (nSPS) is 10.9. The number of nitrogens with zero attached hydrogens (tertiary/aromatic N) is 1. The molecule has 0 bridgehead atoms. The van der Waals surface area contributed by atoms with E-state index in [0.717, 1.165) is 31.6 Å². The van der Waals surface area contributed by atoms with Gasteiger partial charge in [0.1, 0.15) is 0 Å². The summed E-state index contributed by atoms with van der Waals surface area (Å²) in [5.74, 6) is 0.611. The van der Waals surface area contributed by atoms with Gasteiger partial charge in [0.15, 0.2) is 5.13 Å². The van der Waals surface area contributed by atoms with Crippen LogP contribution in [0.5, 0.6) is 0 Å². The Morgan fingerprint density at radius 1 is 1.44 bits per heavy atom. The molecule has 0 unspecified atom stereocenters. The summed E-state index contributed by atoms with van der Waals surface area (Å²) in [7, 11) is 0. The highest BCUT2D eigenvalue weighted by Crippen LogP contribution is 2.35. The molecule has 0 aliphatic rings. The number of thiazole rings is 1. The molecule has 0 fully saturated rings. The zero-order valence-electron chi connectivity index (χ0n) is 10.2. The van der Waals surface area contributed by atoms with Crippen molar-refractivity contribution < 1.29 is 0 Å². The van der Waals surface area contributed by atoms with E-state index in [4.69, 9.17) is 11.6 Å². The number of nitrogens with one attached hydrogen (secondary N) is 1. The van der Waals surface area contributed by atoms with Gasteiger partial charge in [-0.2, -0.15) is 0 Å². The summed E-state index contributed by atoms with van der Waals surface area (Å²) in [4.78, 5) is 5.51. The van der Waals surface area contributed by atoms with Gasteiger partial charge in [0, 0.05) is 27.8 Å². The van der Waals surface area contributed by atoms with Crippen molar-refractivity contribution in [3.8, 4) is 10.4 Å². The lowest BCUT2D eigenvalue weighted by Gasteiger charge is -2.04. The van der Waals surface area contributed by atoms with E-state index in [-0.39, 0.29) is 0 Å². The van der Waals surface area contributed by atoms with E-state index in [1.165, 1.54) is 0 Å². The second kappa shape index (κ2) is 6.04. The van der Waals surface area contributed by atoms with Gasteiger partial charge in [-0.05, 0) is 18.1 Å². The van der Waals surface area contributed by atoms with E-state index in [2.05, 4.69) is 40.1 Å². The molecular formula is C13H14BrClN2S. The van der Waals surface area contributed by atoms with Crippen LogP contribution in [0.15, 0.2) is 28.9 Å². The number of anilines is 1. The number of rotatable bonds is 4. The van der Waals surface area contributed by atoms with Gasteiger partial charge in [-0.3, -0.25) is 0 Å². The van der Waals surface area contributed by atoms with Crippen LogP contribution in [0.25, 0.3) is 10.4 Å². The predicted octanol–water partition coefficient (Wildman–Crippen LogP) is 5.29. The van der Waals surface area contributed by atoms with Gasteiger partial charge in [-0.15, -0.1) is 0 Å². The molecule has 96 valence electrons. The zero-order valence-corrected chi connectivity index (χ0v) is 13.4. The van der Waals surface area contributed by atoms with Gasteiger partial charge in [0.2, 0.25) is 0 Å². The summed E-state index contributed by atoms with van der Waals surface area (Å²) in [5, 5.41) is 5.02. The first-order valence-electron chi connectivity index (χ1n) is 5.71. The van der Waals surface area contributed by atoms with Crippen molar-refractivity contribution in [1.29, 1.82) is 0 Å². The van der Waals surface area contributed by atoms with Crippen LogP contribution in [-0.2, 0) is 0 Å². The molecule has 0 spiro atoms. The Morgan fingerprint density at radius 2 is 2.22 bits per heavy atom. The fourth-order valence-corrected chi connectivity index (χ4v) is 3.35. The molecular weight excluding hydrogens is 332 g/mol. The average Bonchev–Trinajstić information content (AvgIpc) is 2.75. The van der Waals surface area contributed by atoms with Crippen LogP contribution in [0.2, 0.25) is 5.02 Å². The monoisotopic (exact) mass is 344 g/mol. The van der Waals surface area contributed by atoms with Crippen LogP contribution in [-0.4, -0.2) is 11.5 Å². The Bertz CT molecular complexity index is 540. The average molecular weight is 346 g/mol. The molecule has 1 aromatic carbocycles. The van der Waals surface area contributed by atoms with Crippen LogP contribution in [0.3, 0.4) is 0 Å². The minimum atomic E-state index is 0.611. The van der Waals surface area contributed by atoms with E-state index < -0.39 is 0 Å². The number of hydrogen-bond acceptors (Lipinski definition) is 3. The first kappa shape index (κ1) is 13.8. The molecule has 0 aliphatic carbocycles. The van der Waals surface area contributed by atoms with Gasteiger partial charge in [-0.1, -0.05) is 58.8 Å². The smallest absolute Gasteiger partial charge is 0.183 e. The highest BCUT2D eigenvalue weighted by molar-refractivity contribution is 9.10. The fraction of sp³-hybridized carbons (Fsp3) is 0.308. The maximum Gasteiger partial charge on any atom is 0.183 e. The van der Waals surface area contributed by atoms with Crippen molar-refractivity contribution in [2.45, 2.75) is 13.8 Å². The summed E-state index contributed by atoms with van der Waals surface area (Å²) in [6.45, 7) is 5.29. The molecule has 5 heteroatoms. The fourth-order valence-electron chi connectivity index (χ4n) is 1.46. The standard InChI is InChI=1S/C13H14BrClN2S/c1-8(2)6-16-13-17-7-12(18-13)10-4-3-9(15)5-11(10)14/h3-5,7-8H,6H2,1-2H3,(H,16,17). The molecule has 1 aromatic heterocycles. The molecule has 0 saturated heterocycles. The number of halogens is 2. The van der Waals surface area contributed by atoms with E-state index in [9.17, 15) is 0 Å². The Morgan fingerprint density at radius 3 is 2.89 bits per heavy atom. The summed E-state index contributed by atoms with van der Waals surface area (Å²) < 4.78 is 0.994. The van der Waals surface area contributed by atoms with Gasteiger partial charge >= 0.3 is 0 Å². The lowest BCUT2D eigenvalue weighted by Crippen LogP contribution is -2.07. The third-order valence-corrected chi connectivity index (χ3v) is 4.24. The van der Waals surface area contributed by atoms with Crippen molar-refractivity contribution in [2.75, 3.05) is 11.9 Å². The first-order chi connectivity index (χ1) is 8.56. The Kier molecular flexibility index (Phi) is 4.65. The lowest BCUT2D eigenvalue weighted by molar-refractivity contribution is 0.688. The molecule has 2 nitrogen and oxygen atoms in total. The second-order valence-electron chi connectivity index (χ2n) is 4.43. The molecule has 0 atom stereocenters. The summed E-state index contributed by atoms with van der Waals surface area (Å²) >= 11 is 11.1. The summed E-state index contributed by atoms with van der Waals surface area (Å²) in [6, 6.07) is 5.80. The van der Waals surface area contributed by atoms with E-state index in [1.807, 2.05) is 24.4 Å². The van der Waals surface area contributed by atoms with E-state index in [0.29, 0.717) is 5.92 Å². The van der Waals surface area contributed by atoms with Gasteiger partial charge in [-0.25, -0.2) is 4.98 Å². The molecule has 0 saturated carbocycles. The van der Waals surface area contributed by atoms with Crippen LogP contribution in [0, 0.1) is 5.92 Å². The Balaban J connectivity index is 2.18. The van der Waals surface area contributed by atoms with Gasteiger partial charge in [0.05, 0.1) is 4.88 Å². The molecule has 2 rings (SSSR count). The molecule has 2 aromatic rings. The zero-order chi connectivity index (χ0) is 13.1. The number of benzene rings is 1. The van der Waals surface area contributed by atoms with Crippen molar-refractivity contribution in [1.82, 2.24) is 4.98 Å². The van der Waals surface area contributed by atoms with Crippen molar-refractivity contribution >= 4 is 44.0 Å². The Labute approximate surface area is 125 Å². The minimum absolute atomic E-state index is 0.611. The minimum Gasteiger partial charge on any atom is -0.361 e. The van der Waals surface area contributed by atoms with E-state index in [1.54, 1.807) is 11.3 Å². The summed E-state index contributed by atoms with van der Waals surface area (Å²) in [6.07, 6.45) is 1.89. The molecule has 0 amide bonds. The first-order valence-corrected chi connectivity index (χ1v) is 7.70. The molecule has 1 heterocycles. The van der Waals surface area contributed by atoms with Crippen LogP contribution in [0.4, 0.5) is 5.13 Å². The molecule has 0 aliphatic heterocycles. The molecule has 0 radical (unpaired) electrons.